The van der Waals surface area contributed by atoms with Crippen molar-refractivity contribution in [3.05, 3.63) is 0 Å². The number of hydrogen-bond donors (Lipinski definition) is 1. The van der Waals surface area contributed by atoms with Crippen molar-refractivity contribution in [2.45, 2.75) is 46.6 Å². The zero-order valence-corrected chi connectivity index (χ0v) is 6.78. The Labute approximate surface area is 53.3 Å². The molecule has 0 saturated carbocycles. The Kier molecular flexibility index (Phi) is 6.93. The summed E-state index contributed by atoms with van der Waals surface area (Å²) >= 11 is 0. The van der Waals surface area contributed by atoms with Crippen LogP contribution < -0.4 is 5.73 Å². The fourth-order valence-corrected chi connectivity index (χ4v) is 0. The van der Waals surface area contributed by atoms with E-state index in [1.807, 2.05) is 27.7 Å². The van der Waals surface area contributed by atoms with Gasteiger partial charge in [-0.1, -0.05) is 20.8 Å². The van der Waals surface area contributed by atoms with E-state index < -0.39 is 0 Å². The molecule has 0 aliphatic heterocycles. The summed E-state index contributed by atoms with van der Waals surface area (Å²) < 4.78 is 0. The largest absolute Gasteiger partial charge is 0.326 e. The smallest absolute Gasteiger partial charge is 0.00944 e. The summed E-state index contributed by atoms with van der Waals surface area (Å²) in [6.07, 6.45) is 1.05. The van der Waals surface area contributed by atoms with Gasteiger partial charge in [0.1, 0.15) is 0 Å². The van der Waals surface area contributed by atoms with Crippen LogP contribution in [0.5, 0.6) is 0 Å². The molecule has 0 aromatic heterocycles. The minimum atomic E-state index is 0.0417. The fraction of sp³-hybridized carbons (Fsp3) is 1.00. The first kappa shape index (κ1) is 10.9. The summed E-state index contributed by atoms with van der Waals surface area (Å²) in [6.45, 7) is 10.1. The van der Waals surface area contributed by atoms with Gasteiger partial charge in [-0.05, 0) is 20.3 Å². The molecule has 2 N–H and O–H groups in total. The van der Waals surface area contributed by atoms with Crippen LogP contribution in [0.25, 0.3) is 0 Å². The molecule has 0 aromatic rings. The van der Waals surface area contributed by atoms with Crippen molar-refractivity contribution in [3.8, 4) is 0 Å². The number of rotatable bonds is 1. The van der Waals surface area contributed by atoms with Crippen molar-refractivity contribution >= 4 is 0 Å². The van der Waals surface area contributed by atoms with Crippen molar-refractivity contribution in [2.24, 2.45) is 5.73 Å². The van der Waals surface area contributed by atoms with E-state index in [4.69, 9.17) is 5.73 Å². The minimum absolute atomic E-state index is 0.0417. The van der Waals surface area contributed by atoms with Crippen LogP contribution in [0.4, 0.5) is 0 Å². The van der Waals surface area contributed by atoms with Gasteiger partial charge in [0, 0.05) is 5.54 Å². The first-order valence-electron chi connectivity index (χ1n) is 3.35. The average Bonchev–Trinajstić information content (AvgIpc) is 1.71. The van der Waals surface area contributed by atoms with E-state index in [2.05, 4.69) is 6.92 Å². The molecule has 0 atom stereocenters. The van der Waals surface area contributed by atoms with Gasteiger partial charge in [0.25, 0.3) is 0 Å². The molecule has 0 heterocycles. The zero-order chi connectivity index (χ0) is 7.21. The zero-order valence-electron chi connectivity index (χ0n) is 6.78. The number of nitrogens with two attached hydrogens (primary N) is 1. The Hall–Kier alpha value is -0.0400. The van der Waals surface area contributed by atoms with Crippen LogP contribution in [-0.4, -0.2) is 5.54 Å². The van der Waals surface area contributed by atoms with Crippen LogP contribution in [0, 0.1) is 0 Å². The third-order valence-corrected chi connectivity index (χ3v) is 0.911. The van der Waals surface area contributed by atoms with Crippen LogP contribution >= 0.6 is 0 Å². The molecule has 0 aromatic carbocycles. The van der Waals surface area contributed by atoms with Gasteiger partial charge in [0.2, 0.25) is 0 Å². The highest BCUT2D eigenvalue weighted by atomic mass is 14.7. The van der Waals surface area contributed by atoms with Crippen molar-refractivity contribution in [3.63, 3.8) is 0 Å². The SMILES string of the molecule is CC.CCC(C)(C)N. The van der Waals surface area contributed by atoms with Crippen molar-refractivity contribution < 1.29 is 0 Å². The predicted molar refractivity (Wildman–Crippen MR) is 39.9 cm³/mol. The molecule has 0 fully saturated rings. The second-order valence-electron chi connectivity index (χ2n) is 2.34. The maximum Gasteiger partial charge on any atom is 0.00944 e. The Morgan fingerprint density at radius 2 is 1.38 bits per heavy atom. The van der Waals surface area contributed by atoms with E-state index in [1.54, 1.807) is 0 Å². The van der Waals surface area contributed by atoms with E-state index in [1.165, 1.54) is 0 Å². The van der Waals surface area contributed by atoms with Crippen molar-refractivity contribution in [1.82, 2.24) is 0 Å². The summed E-state index contributed by atoms with van der Waals surface area (Å²) in [5.41, 5.74) is 5.58. The highest BCUT2D eigenvalue weighted by Gasteiger charge is 2.03. The maximum absolute atomic E-state index is 5.53. The summed E-state index contributed by atoms with van der Waals surface area (Å²) in [7, 11) is 0. The Balaban J connectivity index is 0. The second-order valence-corrected chi connectivity index (χ2v) is 2.34. The molecule has 0 rings (SSSR count). The van der Waals surface area contributed by atoms with Gasteiger partial charge >= 0.3 is 0 Å². The molecule has 0 saturated heterocycles. The Morgan fingerprint density at radius 3 is 1.38 bits per heavy atom. The Morgan fingerprint density at radius 1 is 1.25 bits per heavy atom. The molecule has 0 bridgehead atoms. The molecule has 0 aliphatic carbocycles. The molecule has 0 aliphatic rings. The summed E-state index contributed by atoms with van der Waals surface area (Å²) in [6, 6.07) is 0. The highest BCUT2D eigenvalue weighted by molar-refractivity contribution is 4.66. The standard InChI is InChI=1S/C5H13N.C2H6/c1-4-5(2,3)6;1-2/h4,6H2,1-3H3;1-2H3. The van der Waals surface area contributed by atoms with Crippen molar-refractivity contribution in [2.75, 3.05) is 0 Å². The molecule has 0 amide bonds. The van der Waals surface area contributed by atoms with Gasteiger partial charge in [0.05, 0.1) is 0 Å². The fourth-order valence-electron chi connectivity index (χ4n) is 0. The van der Waals surface area contributed by atoms with E-state index in [0.29, 0.717) is 0 Å². The molecular weight excluding hydrogens is 98.1 g/mol. The van der Waals surface area contributed by atoms with E-state index in [0.717, 1.165) is 6.42 Å². The van der Waals surface area contributed by atoms with E-state index in [9.17, 15) is 0 Å². The third-order valence-electron chi connectivity index (χ3n) is 0.911. The first-order valence-corrected chi connectivity index (χ1v) is 3.35. The maximum atomic E-state index is 5.53. The lowest BCUT2D eigenvalue weighted by Gasteiger charge is -2.13. The predicted octanol–water partition coefficient (Wildman–Crippen LogP) is 2.16. The van der Waals surface area contributed by atoms with Gasteiger partial charge in [0.15, 0.2) is 0 Å². The highest BCUT2D eigenvalue weighted by Crippen LogP contribution is 1.99. The van der Waals surface area contributed by atoms with Gasteiger partial charge in [-0.15, -0.1) is 0 Å². The van der Waals surface area contributed by atoms with Crippen molar-refractivity contribution in [1.29, 1.82) is 0 Å². The Bertz CT molecular complexity index is 34.1. The van der Waals surface area contributed by atoms with Gasteiger partial charge < -0.3 is 5.73 Å². The number of hydrogen-bond acceptors (Lipinski definition) is 1. The molecule has 0 radical (unpaired) electrons. The minimum Gasteiger partial charge on any atom is -0.326 e. The van der Waals surface area contributed by atoms with Gasteiger partial charge in [-0.2, -0.15) is 0 Å². The lowest BCUT2D eigenvalue weighted by molar-refractivity contribution is 0.501. The quantitative estimate of drug-likeness (QED) is 0.559. The van der Waals surface area contributed by atoms with Crippen LogP contribution in [0.15, 0.2) is 0 Å². The van der Waals surface area contributed by atoms with E-state index in [-0.39, 0.29) is 5.54 Å². The first-order chi connectivity index (χ1) is 3.56. The second kappa shape index (κ2) is 5.10. The molecule has 1 nitrogen and oxygen atoms in total. The lowest BCUT2D eigenvalue weighted by atomic mass is 10.1. The topological polar surface area (TPSA) is 26.0 Å². The van der Waals surface area contributed by atoms with Crippen LogP contribution in [0.1, 0.15) is 41.0 Å². The molecule has 8 heavy (non-hydrogen) atoms. The summed E-state index contributed by atoms with van der Waals surface area (Å²) in [5.74, 6) is 0. The lowest BCUT2D eigenvalue weighted by Crippen LogP contribution is -2.30. The molecule has 52 valence electrons. The van der Waals surface area contributed by atoms with Crippen LogP contribution in [0.3, 0.4) is 0 Å². The molecule has 1 heteroatoms. The van der Waals surface area contributed by atoms with Gasteiger partial charge in [-0.25, -0.2) is 0 Å². The molecule has 0 unspecified atom stereocenters. The average molecular weight is 117 g/mol. The summed E-state index contributed by atoms with van der Waals surface area (Å²) in [5, 5.41) is 0. The molecule has 0 spiro atoms. The third kappa shape index (κ3) is 16.7. The van der Waals surface area contributed by atoms with E-state index >= 15 is 0 Å². The molecular formula is C7H19N. The van der Waals surface area contributed by atoms with Crippen LogP contribution in [0.2, 0.25) is 0 Å². The normalized spacial score (nSPS) is 9.75. The van der Waals surface area contributed by atoms with Crippen LogP contribution in [-0.2, 0) is 0 Å². The monoisotopic (exact) mass is 117 g/mol. The van der Waals surface area contributed by atoms with Gasteiger partial charge in [-0.3, -0.25) is 0 Å². The summed E-state index contributed by atoms with van der Waals surface area (Å²) in [4.78, 5) is 0.